The van der Waals surface area contributed by atoms with Gasteiger partial charge in [0.2, 0.25) is 5.95 Å². The number of hydrogen-bond donors (Lipinski definition) is 1. The Balaban J connectivity index is 1.34. The van der Waals surface area contributed by atoms with Crippen molar-refractivity contribution in [2.45, 2.75) is 75.7 Å². The first-order valence-electron chi connectivity index (χ1n) is 13.7. The van der Waals surface area contributed by atoms with Crippen molar-refractivity contribution in [1.82, 2.24) is 19.9 Å². The molecule has 9 heteroatoms. The van der Waals surface area contributed by atoms with E-state index in [0.717, 1.165) is 60.3 Å². The number of sulfone groups is 1. The molecule has 3 heterocycles. The van der Waals surface area contributed by atoms with Crippen molar-refractivity contribution in [3.05, 3.63) is 76.0 Å². The summed E-state index contributed by atoms with van der Waals surface area (Å²) >= 11 is 0. The lowest BCUT2D eigenvalue weighted by Gasteiger charge is -2.29. The number of aromatic nitrogens is 3. The summed E-state index contributed by atoms with van der Waals surface area (Å²) in [5, 5.41) is 2.58. The van der Waals surface area contributed by atoms with E-state index >= 15 is 0 Å². The molecule has 3 aromatic rings. The predicted molar refractivity (Wildman–Crippen MR) is 153 cm³/mol. The first kappa shape index (κ1) is 27.6. The van der Waals surface area contributed by atoms with Gasteiger partial charge >= 0.3 is 0 Å². The summed E-state index contributed by atoms with van der Waals surface area (Å²) in [5.74, 6) is 0.651. The number of hydrogen-bond acceptors (Lipinski definition) is 7. The van der Waals surface area contributed by atoms with E-state index in [4.69, 9.17) is 4.98 Å². The number of benzene rings is 1. The molecule has 1 aliphatic carbocycles. The quantitative estimate of drug-likeness (QED) is 0.423. The summed E-state index contributed by atoms with van der Waals surface area (Å²) in [7, 11) is -1.23. The Morgan fingerprint density at radius 3 is 2.49 bits per heavy atom. The number of halogens is 1. The van der Waals surface area contributed by atoms with Gasteiger partial charge in [0.25, 0.3) is 0 Å². The van der Waals surface area contributed by atoms with E-state index in [1.807, 2.05) is 13.0 Å². The van der Waals surface area contributed by atoms with Gasteiger partial charge in [-0.3, -0.25) is 0 Å². The maximum atomic E-state index is 15.0. The molecule has 208 valence electrons. The third-order valence-electron chi connectivity index (χ3n) is 8.19. The number of rotatable bonds is 6. The monoisotopic (exact) mass is 551 g/mol. The van der Waals surface area contributed by atoms with Gasteiger partial charge in [-0.1, -0.05) is 18.2 Å². The molecule has 2 aliphatic rings. The lowest BCUT2D eigenvalue weighted by Crippen LogP contribution is -2.32. The van der Waals surface area contributed by atoms with E-state index in [2.05, 4.69) is 39.4 Å². The lowest BCUT2D eigenvalue weighted by atomic mass is 9.90. The molecule has 1 atom stereocenters. The number of anilines is 2. The largest absolute Gasteiger partial charge is 0.309 e. The number of likely N-dealkylation sites (tertiary alicyclic amines) is 1. The molecule has 0 bridgehead atoms. The highest BCUT2D eigenvalue weighted by atomic mass is 32.2. The standard InChI is InChI=1S/C30H38FN5O2S/c1-19-17-33-29(35-28-16-25(31)24(18-32-28)22-10-12-36(5)13-11-22)34-26(19)15-20-6-7-21-8-9-27(23(21)14-20)39(37,38)30(2,3)4/h6-7,14,16-18,22,27H,8-13,15H2,1-5H3,(H,32,33,34,35). The Labute approximate surface area is 231 Å². The first-order chi connectivity index (χ1) is 18.4. The normalized spacial score (nSPS) is 18.8. The second-order valence-corrected chi connectivity index (χ2v) is 14.9. The van der Waals surface area contributed by atoms with Crippen molar-refractivity contribution in [2.75, 3.05) is 25.5 Å². The Hall–Kier alpha value is -2.91. The highest BCUT2D eigenvalue weighted by molar-refractivity contribution is 7.93. The second-order valence-electron chi connectivity index (χ2n) is 12.0. The number of nitrogens with one attached hydrogen (secondary N) is 1. The van der Waals surface area contributed by atoms with Crippen molar-refractivity contribution in [1.29, 1.82) is 0 Å². The van der Waals surface area contributed by atoms with E-state index in [1.165, 1.54) is 6.07 Å². The van der Waals surface area contributed by atoms with Gasteiger partial charge in [0.05, 0.1) is 15.7 Å². The van der Waals surface area contributed by atoms with Crippen LogP contribution in [-0.4, -0.2) is 53.2 Å². The average Bonchev–Trinajstić information content (AvgIpc) is 3.30. The fourth-order valence-corrected chi connectivity index (χ4v) is 7.46. The first-order valence-corrected chi connectivity index (χ1v) is 15.3. The topological polar surface area (TPSA) is 88.1 Å². The minimum Gasteiger partial charge on any atom is -0.309 e. The molecule has 1 N–H and O–H groups in total. The Morgan fingerprint density at radius 2 is 1.79 bits per heavy atom. The summed E-state index contributed by atoms with van der Waals surface area (Å²) in [4.78, 5) is 15.8. The zero-order chi connectivity index (χ0) is 27.9. The molecule has 0 amide bonds. The minimum atomic E-state index is -3.32. The zero-order valence-electron chi connectivity index (χ0n) is 23.5. The van der Waals surface area contributed by atoms with Crippen LogP contribution >= 0.6 is 0 Å². The second kappa shape index (κ2) is 10.6. The smallest absolute Gasteiger partial charge is 0.228 e. The van der Waals surface area contributed by atoms with Gasteiger partial charge in [-0.2, -0.15) is 0 Å². The Bertz CT molecular complexity index is 1480. The fraction of sp³-hybridized carbons (Fsp3) is 0.500. The van der Waals surface area contributed by atoms with Gasteiger partial charge in [-0.25, -0.2) is 27.8 Å². The van der Waals surface area contributed by atoms with Crippen molar-refractivity contribution in [3.63, 3.8) is 0 Å². The summed E-state index contributed by atoms with van der Waals surface area (Å²) in [6.07, 6.45) is 7.17. The molecule has 1 aliphatic heterocycles. The molecule has 2 aromatic heterocycles. The number of pyridine rings is 1. The highest BCUT2D eigenvalue weighted by Crippen LogP contribution is 2.42. The van der Waals surface area contributed by atoms with Crippen LogP contribution in [0, 0.1) is 12.7 Å². The van der Waals surface area contributed by atoms with Gasteiger partial charge in [0.15, 0.2) is 9.84 Å². The van der Waals surface area contributed by atoms with Gasteiger partial charge in [0, 0.05) is 30.4 Å². The summed E-state index contributed by atoms with van der Waals surface area (Å²) in [6, 6.07) is 7.56. The van der Waals surface area contributed by atoms with Crippen LogP contribution in [0.1, 0.15) is 84.7 Å². The van der Waals surface area contributed by atoms with Gasteiger partial charge in [-0.05, 0) is 102 Å². The third kappa shape index (κ3) is 5.70. The van der Waals surface area contributed by atoms with E-state index in [-0.39, 0.29) is 11.7 Å². The van der Waals surface area contributed by atoms with Crippen LogP contribution in [0.25, 0.3) is 0 Å². The predicted octanol–water partition coefficient (Wildman–Crippen LogP) is 5.66. The SMILES string of the molecule is Cc1cnc(Nc2cc(F)c(C3CCN(C)CC3)cn2)nc1Cc1ccc2c(c1)C(S(=O)(=O)C(C)(C)C)CC2. The molecule has 39 heavy (non-hydrogen) atoms. The maximum Gasteiger partial charge on any atom is 0.228 e. The lowest BCUT2D eigenvalue weighted by molar-refractivity contribution is 0.253. The molecule has 1 aromatic carbocycles. The number of piperidine rings is 1. The minimum absolute atomic E-state index is 0.190. The van der Waals surface area contributed by atoms with E-state index in [9.17, 15) is 12.8 Å². The van der Waals surface area contributed by atoms with Crippen LogP contribution in [0.15, 0.2) is 36.7 Å². The van der Waals surface area contributed by atoms with Crippen LogP contribution in [0.4, 0.5) is 16.2 Å². The van der Waals surface area contributed by atoms with Crippen molar-refractivity contribution < 1.29 is 12.8 Å². The summed E-state index contributed by atoms with van der Waals surface area (Å²) in [6.45, 7) is 9.18. The molecule has 5 rings (SSSR count). The Kier molecular flexibility index (Phi) is 7.50. The van der Waals surface area contributed by atoms with Gasteiger partial charge < -0.3 is 10.2 Å². The third-order valence-corrected chi connectivity index (χ3v) is 11.1. The molecule has 1 fully saturated rings. The van der Waals surface area contributed by atoms with Crippen LogP contribution in [0.5, 0.6) is 0 Å². The van der Waals surface area contributed by atoms with Gasteiger partial charge in [-0.15, -0.1) is 0 Å². The van der Waals surface area contributed by atoms with Crippen LogP contribution in [0.3, 0.4) is 0 Å². The zero-order valence-corrected chi connectivity index (χ0v) is 24.3. The highest BCUT2D eigenvalue weighted by Gasteiger charge is 2.41. The fourth-order valence-electron chi connectivity index (χ4n) is 5.63. The van der Waals surface area contributed by atoms with Crippen molar-refractivity contribution in [2.24, 2.45) is 0 Å². The van der Waals surface area contributed by atoms with E-state index < -0.39 is 19.8 Å². The van der Waals surface area contributed by atoms with E-state index in [0.29, 0.717) is 30.2 Å². The number of fused-ring (bicyclic) bond motifs is 1. The molecule has 0 radical (unpaired) electrons. The van der Waals surface area contributed by atoms with Crippen molar-refractivity contribution >= 4 is 21.6 Å². The molecule has 1 unspecified atom stereocenters. The molecule has 1 saturated heterocycles. The van der Waals surface area contributed by atoms with Crippen molar-refractivity contribution in [3.8, 4) is 0 Å². The molecule has 7 nitrogen and oxygen atoms in total. The van der Waals surface area contributed by atoms with Crippen LogP contribution < -0.4 is 5.32 Å². The van der Waals surface area contributed by atoms with Gasteiger partial charge in [0.1, 0.15) is 11.6 Å². The summed E-state index contributed by atoms with van der Waals surface area (Å²) < 4.78 is 40.7. The summed E-state index contributed by atoms with van der Waals surface area (Å²) in [5.41, 5.74) is 5.44. The Morgan fingerprint density at radius 1 is 1.05 bits per heavy atom. The van der Waals surface area contributed by atoms with E-state index in [1.54, 1.807) is 33.2 Å². The van der Waals surface area contributed by atoms with Crippen LogP contribution in [0.2, 0.25) is 0 Å². The molecule has 0 spiro atoms. The molecular formula is C30H38FN5O2S. The maximum absolute atomic E-state index is 15.0. The van der Waals surface area contributed by atoms with Crippen LogP contribution in [-0.2, 0) is 22.7 Å². The molecular weight excluding hydrogens is 513 g/mol. The average molecular weight is 552 g/mol. The molecule has 0 saturated carbocycles. The number of aryl methyl sites for hydroxylation is 2. The number of nitrogens with zero attached hydrogens (tertiary/aromatic N) is 4.